The van der Waals surface area contributed by atoms with Gasteiger partial charge < -0.3 is 33.8 Å². The highest BCUT2D eigenvalue weighted by atomic mass is 31.2. The lowest BCUT2D eigenvalue weighted by Crippen LogP contribution is -2.30. The topological polar surface area (TPSA) is 237 Å². The Morgan fingerprint density at radius 3 is 0.835 bits per heavy atom. The number of esters is 4. The molecule has 0 aromatic rings. The van der Waals surface area contributed by atoms with Crippen molar-refractivity contribution in [3.63, 3.8) is 0 Å². The van der Waals surface area contributed by atoms with Crippen LogP contribution in [0.15, 0.2) is 0 Å². The van der Waals surface area contributed by atoms with E-state index in [4.69, 9.17) is 37.0 Å². The van der Waals surface area contributed by atoms with Gasteiger partial charge in [0.05, 0.1) is 26.4 Å². The van der Waals surface area contributed by atoms with Gasteiger partial charge in [-0.3, -0.25) is 37.3 Å². The van der Waals surface area contributed by atoms with Gasteiger partial charge in [-0.05, 0) is 49.4 Å². The van der Waals surface area contributed by atoms with Gasteiger partial charge in [0.1, 0.15) is 19.3 Å². The van der Waals surface area contributed by atoms with Gasteiger partial charge in [0.2, 0.25) is 0 Å². The van der Waals surface area contributed by atoms with E-state index in [1.54, 1.807) is 0 Å². The number of rotatable bonds is 63. The molecule has 0 spiro atoms. The Morgan fingerprint density at radius 2 is 0.565 bits per heavy atom. The van der Waals surface area contributed by atoms with Crippen molar-refractivity contribution in [2.24, 2.45) is 23.7 Å². The summed E-state index contributed by atoms with van der Waals surface area (Å²) in [5.41, 5.74) is 0. The molecule has 4 unspecified atom stereocenters. The summed E-state index contributed by atoms with van der Waals surface area (Å²) >= 11 is 0. The third-order valence-electron chi connectivity index (χ3n) is 15.4. The van der Waals surface area contributed by atoms with E-state index in [1.807, 2.05) is 0 Å². The van der Waals surface area contributed by atoms with Gasteiger partial charge in [0.25, 0.3) is 0 Å². The largest absolute Gasteiger partial charge is 0.472 e. The van der Waals surface area contributed by atoms with Gasteiger partial charge in [0.15, 0.2) is 12.2 Å². The number of aliphatic hydroxyl groups is 1. The van der Waals surface area contributed by atoms with Crippen molar-refractivity contribution in [2.75, 3.05) is 39.6 Å². The Morgan fingerprint density at radius 1 is 0.329 bits per heavy atom. The Labute approximate surface area is 517 Å². The van der Waals surface area contributed by atoms with Crippen molar-refractivity contribution in [1.82, 2.24) is 0 Å². The standard InChI is InChI=1S/C66H128O17P2/c1-9-59(8)45-37-29-24-25-33-41-49-66(71)83-62(53-77-64(69)47-39-31-23-17-20-28-36-44-58(6)7)55-81-85(74,75)79-51-60(67)50-78-84(72,73)80-54-61(52-76-63(68)46-38-30-21-16-15-19-27-35-43-57(4)5)82-65(70)48-40-32-22-14-12-10-11-13-18-26-34-42-56(2)3/h56-62,67H,9-55H2,1-8H3,(H,72,73)(H,74,75)/t59?,60?,61-,62-/m1/s1. The van der Waals surface area contributed by atoms with Gasteiger partial charge in [-0.1, -0.05) is 267 Å². The maximum absolute atomic E-state index is 13.0. The second kappa shape index (κ2) is 56.1. The molecule has 0 aromatic heterocycles. The third-order valence-corrected chi connectivity index (χ3v) is 17.3. The van der Waals surface area contributed by atoms with Crippen molar-refractivity contribution in [3.8, 4) is 0 Å². The molecule has 0 aliphatic rings. The highest BCUT2D eigenvalue weighted by molar-refractivity contribution is 7.47. The molecule has 3 N–H and O–H groups in total. The normalized spacial score (nSPS) is 14.7. The molecule has 0 fully saturated rings. The maximum Gasteiger partial charge on any atom is 0.472 e. The first-order chi connectivity index (χ1) is 40.6. The van der Waals surface area contributed by atoms with Gasteiger partial charge in [0, 0.05) is 25.7 Å². The summed E-state index contributed by atoms with van der Waals surface area (Å²) in [7, 11) is -9.89. The molecule has 0 aromatic carbocycles. The number of phosphoric ester groups is 2. The van der Waals surface area contributed by atoms with E-state index in [2.05, 4.69) is 55.4 Å². The van der Waals surface area contributed by atoms with Gasteiger partial charge in [-0.25, -0.2) is 9.13 Å². The van der Waals surface area contributed by atoms with Crippen LogP contribution in [0.1, 0.15) is 319 Å². The van der Waals surface area contributed by atoms with Crippen LogP contribution in [0.4, 0.5) is 0 Å². The summed E-state index contributed by atoms with van der Waals surface area (Å²) in [6, 6.07) is 0. The third kappa shape index (κ3) is 59.5. The fourth-order valence-corrected chi connectivity index (χ4v) is 11.3. The van der Waals surface area contributed by atoms with E-state index in [9.17, 15) is 43.2 Å². The lowest BCUT2D eigenvalue weighted by molar-refractivity contribution is -0.161. The van der Waals surface area contributed by atoms with E-state index < -0.39 is 97.5 Å². The molecule has 0 bridgehead atoms. The van der Waals surface area contributed by atoms with Crippen molar-refractivity contribution >= 4 is 39.5 Å². The zero-order valence-electron chi connectivity index (χ0n) is 55.2. The highest BCUT2D eigenvalue weighted by Crippen LogP contribution is 2.45. The molecule has 0 saturated carbocycles. The molecule has 0 heterocycles. The Bertz CT molecular complexity index is 1700. The van der Waals surface area contributed by atoms with Gasteiger partial charge in [-0.15, -0.1) is 0 Å². The summed E-state index contributed by atoms with van der Waals surface area (Å²) in [6.45, 7) is 14.0. The quantitative estimate of drug-likeness (QED) is 0.0222. The lowest BCUT2D eigenvalue weighted by atomic mass is 10.00. The average molecular weight is 1260 g/mol. The number of aliphatic hydroxyl groups excluding tert-OH is 1. The maximum atomic E-state index is 13.0. The highest BCUT2D eigenvalue weighted by Gasteiger charge is 2.30. The summed E-state index contributed by atoms with van der Waals surface area (Å²) in [5.74, 6) is 0.778. The molecular formula is C66H128O17P2. The van der Waals surface area contributed by atoms with Crippen LogP contribution in [0.2, 0.25) is 0 Å². The molecule has 17 nitrogen and oxygen atoms in total. The summed E-state index contributed by atoms with van der Waals surface area (Å²) in [6.07, 6.45) is 36.3. The fraction of sp³-hybridized carbons (Fsp3) is 0.939. The number of carbonyl (C=O) groups excluding carboxylic acids is 4. The minimum atomic E-state index is -4.95. The van der Waals surface area contributed by atoms with Crippen LogP contribution in [0.3, 0.4) is 0 Å². The van der Waals surface area contributed by atoms with E-state index >= 15 is 0 Å². The number of hydrogen-bond acceptors (Lipinski definition) is 15. The van der Waals surface area contributed by atoms with Crippen molar-refractivity contribution in [2.45, 2.75) is 337 Å². The first kappa shape index (κ1) is 83.1. The number of ether oxygens (including phenoxy) is 4. The van der Waals surface area contributed by atoms with Crippen LogP contribution in [-0.4, -0.2) is 96.7 Å². The molecule has 0 rings (SSSR count). The van der Waals surface area contributed by atoms with E-state index in [-0.39, 0.29) is 25.7 Å². The lowest BCUT2D eigenvalue weighted by Gasteiger charge is -2.21. The SMILES string of the molecule is CCC(C)CCCCCCCCC(=O)O[C@H](COC(=O)CCCCCCCCCC(C)C)COP(=O)(O)OCC(O)COP(=O)(O)OC[C@@H](COC(=O)CCCCCCCCCCC(C)C)OC(=O)CCCCCCCCCCCCCC(C)C. The average Bonchev–Trinajstić information content (AvgIpc) is 3.54. The molecular weight excluding hydrogens is 1130 g/mol. The molecule has 0 radical (unpaired) electrons. The minimum absolute atomic E-state index is 0.102. The summed E-state index contributed by atoms with van der Waals surface area (Å²) in [4.78, 5) is 72.3. The fourth-order valence-electron chi connectivity index (χ4n) is 9.75. The van der Waals surface area contributed by atoms with Crippen LogP contribution in [0, 0.1) is 23.7 Å². The van der Waals surface area contributed by atoms with E-state index in [0.29, 0.717) is 31.6 Å². The zero-order valence-corrected chi connectivity index (χ0v) is 57.0. The van der Waals surface area contributed by atoms with Crippen molar-refractivity contribution in [1.29, 1.82) is 0 Å². The number of phosphoric acid groups is 2. The van der Waals surface area contributed by atoms with E-state index in [0.717, 1.165) is 114 Å². The van der Waals surface area contributed by atoms with Crippen LogP contribution in [0.25, 0.3) is 0 Å². The summed E-state index contributed by atoms with van der Waals surface area (Å²) in [5, 5.41) is 10.5. The number of carbonyl (C=O) groups is 4. The minimum Gasteiger partial charge on any atom is -0.462 e. The molecule has 0 amide bonds. The first-order valence-electron chi connectivity index (χ1n) is 34.2. The number of unbranched alkanes of at least 4 members (excludes halogenated alkanes) is 28. The van der Waals surface area contributed by atoms with E-state index in [1.165, 1.54) is 116 Å². The molecule has 85 heavy (non-hydrogen) atoms. The number of hydrogen-bond donors (Lipinski definition) is 3. The smallest absolute Gasteiger partial charge is 0.462 e. The van der Waals surface area contributed by atoms with Gasteiger partial charge in [-0.2, -0.15) is 0 Å². The first-order valence-corrected chi connectivity index (χ1v) is 37.2. The molecule has 19 heteroatoms. The molecule has 0 saturated heterocycles. The Kier molecular flexibility index (Phi) is 54.8. The zero-order chi connectivity index (χ0) is 63.2. The molecule has 6 atom stereocenters. The predicted molar refractivity (Wildman–Crippen MR) is 340 cm³/mol. The monoisotopic (exact) mass is 1250 g/mol. The second-order valence-corrected chi connectivity index (χ2v) is 28.4. The molecule has 0 aliphatic heterocycles. The Balaban J connectivity index is 5.26. The second-order valence-electron chi connectivity index (χ2n) is 25.5. The van der Waals surface area contributed by atoms with Crippen LogP contribution in [0.5, 0.6) is 0 Å². The molecule has 0 aliphatic carbocycles. The van der Waals surface area contributed by atoms with Crippen molar-refractivity contribution < 1.29 is 80.2 Å². The molecule has 504 valence electrons. The van der Waals surface area contributed by atoms with Crippen molar-refractivity contribution in [3.05, 3.63) is 0 Å². The van der Waals surface area contributed by atoms with Crippen LogP contribution >= 0.6 is 15.6 Å². The van der Waals surface area contributed by atoms with Crippen LogP contribution < -0.4 is 0 Å². The Hall–Kier alpha value is -1.94. The van der Waals surface area contributed by atoms with Crippen LogP contribution in [-0.2, 0) is 65.4 Å². The predicted octanol–water partition coefficient (Wildman–Crippen LogP) is 18.1. The van der Waals surface area contributed by atoms with Gasteiger partial charge >= 0.3 is 39.5 Å². The summed E-state index contributed by atoms with van der Waals surface area (Å²) < 4.78 is 68.1.